The van der Waals surface area contributed by atoms with Crippen molar-refractivity contribution in [2.45, 2.75) is 37.6 Å². The molecule has 2 bridgehead atoms. The molecule has 0 saturated carbocycles. The Morgan fingerprint density at radius 2 is 2.08 bits per heavy atom. The molecule has 2 fully saturated rings. The van der Waals surface area contributed by atoms with E-state index in [2.05, 4.69) is 18.7 Å². The van der Waals surface area contributed by atoms with Gasteiger partial charge in [-0.05, 0) is 20.3 Å². The first-order chi connectivity index (χ1) is 5.50. The van der Waals surface area contributed by atoms with Crippen molar-refractivity contribution >= 4 is 9.84 Å². The molecule has 0 amide bonds. The van der Waals surface area contributed by atoms with Crippen LogP contribution in [0.3, 0.4) is 0 Å². The molecule has 2 rings (SSSR count). The number of likely N-dealkylation sites (tertiary alicyclic amines) is 1. The predicted octanol–water partition coefficient (Wildman–Crippen LogP) is 0.266. The number of hydrogen-bond acceptors (Lipinski definition) is 3. The van der Waals surface area contributed by atoms with Crippen molar-refractivity contribution in [3.63, 3.8) is 0 Å². The summed E-state index contributed by atoms with van der Waals surface area (Å²) in [6.45, 7) is 5.03. The van der Waals surface area contributed by atoms with Crippen molar-refractivity contribution in [3.8, 4) is 0 Å². The molecule has 0 aromatic rings. The van der Waals surface area contributed by atoms with Crippen LogP contribution in [0.25, 0.3) is 0 Å². The van der Waals surface area contributed by atoms with Gasteiger partial charge in [-0.3, -0.25) is 4.90 Å². The maximum absolute atomic E-state index is 11.4. The Bertz CT molecular complexity index is 283. The second kappa shape index (κ2) is 2.45. The highest BCUT2D eigenvalue weighted by Crippen LogP contribution is 2.33. The molecule has 0 N–H and O–H groups in total. The normalized spacial score (nSPS) is 39.6. The maximum Gasteiger partial charge on any atom is 0.156 e. The van der Waals surface area contributed by atoms with Gasteiger partial charge in [0.25, 0.3) is 0 Å². The van der Waals surface area contributed by atoms with Crippen LogP contribution in [-0.2, 0) is 9.84 Å². The zero-order valence-corrected chi connectivity index (χ0v) is 8.34. The molecule has 2 aliphatic rings. The highest BCUT2D eigenvalue weighted by atomic mass is 32.2. The number of rotatable bonds is 1. The van der Waals surface area contributed by atoms with Crippen LogP contribution in [0.2, 0.25) is 0 Å². The molecule has 2 aliphatic heterocycles. The van der Waals surface area contributed by atoms with Crippen molar-refractivity contribution < 1.29 is 8.42 Å². The summed E-state index contributed by atoms with van der Waals surface area (Å²) in [5, 5.41) is -0.0510. The zero-order chi connectivity index (χ0) is 8.93. The lowest BCUT2D eigenvalue weighted by Gasteiger charge is -2.30. The third-order valence-corrected chi connectivity index (χ3v) is 5.22. The van der Waals surface area contributed by atoms with E-state index in [9.17, 15) is 8.42 Å². The zero-order valence-electron chi connectivity index (χ0n) is 7.53. The fourth-order valence-corrected chi connectivity index (χ4v) is 4.41. The topological polar surface area (TPSA) is 37.4 Å². The molecule has 0 radical (unpaired) electrons. The van der Waals surface area contributed by atoms with Crippen molar-refractivity contribution in [1.29, 1.82) is 0 Å². The first kappa shape index (κ1) is 8.51. The molecule has 0 spiro atoms. The lowest BCUT2D eigenvalue weighted by atomic mass is 10.2. The molecular weight excluding hydrogens is 174 g/mol. The fraction of sp³-hybridized carbons (Fsp3) is 1.00. The van der Waals surface area contributed by atoms with Crippen LogP contribution < -0.4 is 0 Å². The molecule has 2 saturated heterocycles. The molecule has 0 aromatic carbocycles. The van der Waals surface area contributed by atoms with Crippen LogP contribution in [0.15, 0.2) is 0 Å². The molecule has 2 atom stereocenters. The number of sulfone groups is 1. The Labute approximate surface area is 73.7 Å². The van der Waals surface area contributed by atoms with Gasteiger partial charge in [0.05, 0.1) is 11.0 Å². The Morgan fingerprint density at radius 1 is 1.42 bits per heavy atom. The van der Waals surface area contributed by atoms with E-state index in [-0.39, 0.29) is 5.25 Å². The summed E-state index contributed by atoms with van der Waals surface area (Å²) in [6, 6.07) is 0.815. The van der Waals surface area contributed by atoms with E-state index in [4.69, 9.17) is 0 Å². The molecule has 4 heteroatoms. The van der Waals surface area contributed by atoms with Crippen molar-refractivity contribution in [2.75, 3.05) is 12.3 Å². The summed E-state index contributed by atoms with van der Waals surface area (Å²) >= 11 is 0. The summed E-state index contributed by atoms with van der Waals surface area (Å²) in [5.41, 5.74) is 0. The van der Waals surface area contributed by atoms with Gasteiger partial charge in [-0.1, -0.05) is 0 Å². The molecule has 12 heavy (non-hydrogen) atoms. The second-order valence-electron chi connectivity index (χ2n) is 4.13. The summed E-state index contributed by atoms with van der Waals surface area (Å²) in [5.74, 6) is 0.399. The average molecular weight is 189 g/mol. The molecular formula is C8H15NO2S. The predicted molar refractivity (Wildman–Crippen MR) is 47.8 cm³/mol. The Morgan fingerprint density at radius 3 is 2.42 bits per heavy atom. The lowest BCUT2D eigenvalue weighted by Crippen LogP contribution is -2.44. The Hall–Kier alpha value is -0.0900. The highest BCUT2D eigenvalue weighted by Gasteiger charge is 2.48. The van der Waals surface area contributed by atoms with Crippen molar-refractivity contribution in [3.05, 3.63) is 0 Å². The number of hydrogen-bond donors (Lipinski definition) is 0. The molecule has 70 valence electrons. The van der Waals surface area contributed by atoms with Gasteiger partial charge < -0.3 is 0 Å². The van der Waals surface area contributed by atoms with Gasteiger partial charge in [0.1, 0.15) is 0 Å². The van der Waals surface area contributed by atoms with Gasteiger partial charge in [-0.15, -0.1) is 0 Å². The van der Waals surface area contributed by atoms with E-state index in [0.717, 1.165) is 13.0 Å². The lowest BCUT2D eigenvalue weighted by molar-refractivity contribution is 0.213. The summed E-state index contributed by atoms with van der Waals surface area (Å²) in [4.78, 5) is 2.31. The fourth-order valence-electron chi connectivity index (χ4n) is 2.36. The minimum absolute atomic E-state index is 0.0510. The van der Waals surface area contributed by atoms with Crippen LogP contribution in [0, 0.1) is 0 Å². The van der Waals surface area contributed by atoms with Crippen LogP contribution in [-0.4, -0.2) is 42.9 Å². The van der Waals surface area contributed by atoms with Gasteiger partial charge >= 0.3 is 0 Å². The summed E-state index contributed by atoms with van der Waals surface area (Å²) in [7, 11) is -2.70. The average Bonchev–Trinajstić information content (AvgIpc) is 2.40. The largest absolute Gasteiger partial charge is 0.296 e. The second-order valence-corrected chi connectivity index (χ2v) is 6.46. The van der Waals surface area contributed by atoms with Gasteiger partial charge in [0, 0.05) is 18.6 Å². The molecule has 0 unspecified atom stereocenters. The minimum atomic E-state index is -2.70. The van der Waals surface area contributed by atoms with Gasteiger partial charge in [0.15, 0.2) is 9.84 Å². The van der Waals surface area contributed by atoms with E-state index < -0.39 is 9.84 Å². The van der Waals surface area contributed by atoms with Crippen LogP contribution in [0.4, 0.5) is 0 Å². The van der Waals surface area contributed by atoms with E-state index in [1.54, 1.807) is 0 Å². The van der Waals surface area contributed by atoms with E-state index in [0.29, 0.717) is 17.8 Å². The first-order valence-electron chi connectivity index (χ1n) is 4.48. The Balaban J connectivity index is 2.18. The van der Waals surface area contributed by atoms with E-state index >= 15 is 0 Å². The van der Waals surface area contributed by atoms with Crippen molar-refractivity contribution in [1.82, 2.24) is 4.90 Å². The molecule has 0 aliphatic carbocycles. The standard InChI is InChI=1S/C8H15NO2S/c1-6(2)9-4-8-3-7(9)5-12(8,10)11/h6-8H,3-5H2,1-2H3/t7-,8-/m0/s1. The third-order valence-electron chi connectivity index (χ3n) is 3.01. The quantitative estimate of drug-likeness (QED) is 0.594. The van der Waals surface area contributed by atoms with Crippen molar-refractivity contribution in [2.24, 2.45) is 0 Å². The van der Waals surface area contributed by atoms with Crippen LogP contribution in [0.1, 0.15) is 20.3 Å². The number of nitrogens with zero attached hydrogens (tertiary/aromatic N) is 1. The van der Waals surface area contributed by atoms with E-state index in [1.165, 1.54) is 0 Å². The minimum Gasteiger partial charge on any atom is -0.296 e. The van der Waals surface area contributed by atoms with Crippen LogP contribution in [0.5, 0.6) is 0 Å². The maximum atomic E-state index is 11.4. The highest BCUT2D eigenvalue weighted by molar-refractivity contribution is 7.92. The van der Waals surface area contributed by atoms with E-state index in [1.807, 2.05) is 0 Å². The van der Waals surface area contributed by atoms with Gasteiger partial charge in [-0.2, -0.15) is 0 Å². The number of fused-ring (bicyclic) bond motifs is 2. The smallest absolute Gasteiger partial charge is 0.156 e. The SMILES string of the molecule is CC(C)N1C[C@@H]2C[C@H]1CS2(=O)=O. The Kier molecular flexibility index (Phi) is 1.74. The molecule has 0 aromatic heterocycles. The van der Waals surface area contributed by atoms with Crippen LogP contribution >= 0.6 is 0 Å². The van der Waals surface area contributed by atoms with Gasteiger partial charge in [-0.25, -0.2) is 8.42 Å². The van der Waals surface area contributed by atoms with Gasteiger partial charge in [0.2, 0.25) is 0 Å². The third kappa shape index (κ3) is 1.09. The molecule has 2 heterocycles. The summed E-state index contributed by atoms with van der Waals surface area (Å²) in [6.07, 6.45) is 0.876. The molecule has 3 nitrogen and oxygen atoms in total. The first-order valence-corrected chi connectivity index (χ1v) is 6.19. The summed E-state index contributed by atoms with van der Waals surface area (Å²) < 4.78 is 22.7. The monoisotopic (exact) mass is 189 g/mol.